The molecule has 0 spiro atoms. The Hall–Kier alpha value is -2.28. The number of halogens is 2. The molecule has 0 bridgehead atoms. The van der Waals surface area contributed by atoms with Crippen molar-refractivity contribution in [2.75, 3.05) is 5.32 Å². The van der Waals surface area contributed by atoms with E-state index in [1.54, 1.807) is 18.2 Å². The van der Waals surface area contributed by atoms with E-state index in [1.165, 1.54) is 23.5 Å². The Balaban J connectivity index is 1.98. The van der Waals surface area contributed by atoms with Gasteiger partial charge in [-0.3, -0.25) is 0 Å². The maximum atomic E-state index is 11.2. The van der Waals surface area contributed by atoms with Gasteiger partial charge in [0.05, 0.1) is 15.7 Å². The van der Waals surface area contributed by atoms with Crippen molar-refractivity contribution in [2.45, 2.75) is 20.3 Å². The molecule has 0 atom stereocenters. The zero-order valence-corrected chi connectivity index (χ0v) is 17.5. The van der Waals surface area contributed by atoms with E-state index in [4.69, 9.17) is 28.2 Å². The van der Waals surface area contributed by atoms with Crippen molar-refractivity contribution in [1.82, 2.24) is 4.98 Å². The zero-order valence-electron chi connectivity index (χ0n) is 15.2. The fourth-order valence-corrected chi connectivity index (χ4v) is 4.21. The first kappa shape index (κ1) is 20.5. The molecule has 1 aromatic heterocycles. The van der Waals surface area contributed by atoms with E-state index >= 15 is 0 Å². The first-order valence-electron chi connectivity index (χ1n) is 8.53. The maximum absolute atomic E-state index is 11.2. The van der Waals surface area contributed by atoms with Crippen molar-refractivity contribution < 1.29 is 15.0 Å². The molecule has 1 heterocycles. The SMILES string of the molecule is CC(C)Cc1sc(Nc2ccc(O)c(C(=O)O)c2)nc1-c1ccc(Cl)c(Cl)c1. The Morgan fingerprint density at radius 3 is 2.57 bits per heavy atom. The second-order valence-electron chi connectivity index (χ2n) is 6.68. The molecule has 0 saturated carbocycles. The van der Waals surface area contributed by atoms with Crippen LogP contribution in [0.5, 0.6) is 5.75 Å². The first-order valence-corrected chi connectivity index (χ1v) is 10.1. The highest BCUT2D eigenvalue weighted by Gasteiger charge is 2.17. The predicted octanol–water partition coefficient (Wildman–Crippen LogP) is 6.46. The van der Waals surface area contributed by atoms with Gasteiger partial charge in [0.15, 0.2) is 5.13 Å². The lowest BCUT2D eigenvalue weighted by Crippen LogP contribution is -1.98. The smallest absolute Gasteiger partial charge is 0.339 e. The van der Waals surface area contributed by atoms with Gasteiger partial charge in [0.2, 0.25) is 0 Å². The van der Waals surface area contributed by atoms with Crippen LogP contribution >= 0.6 is 34.5 Å². The van der Waals surface area contributed by atoms with Crippen LogP contribution in [0, 0.1) is 5.92 Å². The summed E-state index contributed by atoms with van der Waals surface area (Å²) in [6.45, 7) is 4.26. The topological polar surface area (TPSA) is 82.5 Å². The molecule has 0 radical (unpaired) electrons. The number of hydrogen-bond acceptors (Lipinski definition) is 5. The summed E-state index contributed by atoms with van der Waals surface area (Å²) in [7, 11) is 0. The molecular formula is C20H18Cl2N2O3S. The molecule has 146 valence electrons. The number of carboxylic acid groups (broad SMARTS) is 1. The van der Waals surface area contributed by atoms with Crippen LogP contribution in [-0.4, -0.2) is 21.2 Å². The summed E-state index contributed by atoms with van der Waals surface area (Å²) in [5.41, 5.74) is 2.04. The number of aromatic nitrogens is 1. The minimum atomic E-state index is -1.20. The molecule has 28 heavy (non-hydrogen) atoms. The van der Waals surface area contributed by atoms with Crippen molar-refractivity contribution in [1.29, 1.82) is 0 Å². The van der Waals surface area contributed by atoms with Crippen LogP contribution in [0.25, 0.3) is 11.3 Å². The monoisotopic (exact) mass is 436 g/mol. The average Bonchev–Trinajstić information content (AvgIpc) is 3.00. The predicted molar refractivity (Wildman–Crippen MR) is 114 cm³/mol. The number of rotatable bonds is 6. The van der Waals surface area contributed by atoms with Gasteiger partial charge in [-0.25, -0.2) is 9.78 Å². The van der Waals surface area contributed by atoms with Gasteiger partial charge in [0.1, 0.15) is 11.3 Å². The van der Waals surface area contributed by atoms with E-state index in [0.717, 1.165) is 22.6 Å². The van der Waals surface area contributed by atoms with Crippen LogP contribution in [0.15, 0.2) is 36.4 Å². The Morgan fingerprint density at radius 1 is 1.18 bits per heavy atom. The summed E-state index contributed by atoms with van der Waals surface area (Å²) >= 11 is 13.7. The summed E-state index contributed by atoms with van der Waals surface area (Å²) in [5.74, 6) is -1.05. The number of aromatic hydroxyl groups is 1. The van der Waals surface area contributed by atoms with Crippen molar-refractivity contribution >= 4 is 51.3 Å². The highest BCUT2D eigenvalue weighted by Crippen LogP contribution is 2.37. The molecule has 2 aromatic carbocycles. The maximum Gasteiger partial charge on any atom is 0.339 e. The lowest BCUT2D eigenvalue weighted by molar-refractivity contribution is 0.0694. The van der Waals surface area contributed by atoms with Crippen molar-refractivity contribution in [3.8, 4) is 17.0 Å². The lowest BCUT2D eigenvalue weighted by atomic mass is 10.0. The third kappa shape index (κ3) is 4.58. The second kappa shape index (κ2) is 8.39. The van der Waals surface area contributed by atoms with Crippen molar-refractivity contribution in [2.24, 2.45) is 5.92 Å². The van der Waals surface area contributed by atoms with E-state index < -0.39 is 5.97 Å². The Labute approximate surface area is 176 Å². The first-order chi connectivity index (χ1) is 13.2. The van der Waals surface area contributed by atoms with E-state index in [0.29, 0.717) is 26.8 Å². The van der Waals surface area contributed by atoms with Gasteiger partial charge in [-0.1, -0.05) is 43.1 Å². The zero-order chi connectivity index (χ0) is 20.4. The van der Waals surface area contributed by atoms with Crippen LogP contribution in [0.1, 0.15) is 29.1 Å². The number of benzene rings is 2. The molecule has 0 aliphatic heterocycles. The number of anilines is 2. The molecule has 8 heteroatoms. The van der Waals surface area contributed by atoms with E-state index in [-0.39, 0.29) is 11.3 Å². The van der Waals surface area contributed by atoms with E-state index in [2.05, 4.69) is 19.2 Å². The van der Waals surface area contributed by atoms with Gasteiger partial charge in [0, 0.05) is 16.1 Å². The summed E-state index contributed by atoms with van der Waals surface area (Å²) in [6.07, 6.45) is 0.838. The lowest BCUT2D eigenvalue weighted by Gasteiger charge is -2.06. The molecule has 5 nitrogen and oxygen atoms in total. The van der Waals surface area contributed by atoms with Crippen LogP contribution in [0.4, 0.5) is 10.8 Å². The van der Waals surface area contributed by atoms with Crippen LogP contribution in [0.3, 0.4) is 0 Å². The van der Waals surface area contributed by atoms with Crippen LogP contribution < -0.4 is 5.32 Å². The minimum Gasteiger partial charge on any atom is -0.507 e. The number of nitrogens with one attached hydrogen (secondary N) is 1. The van der Waals surface area contributed by atoms with Gasteiger partial charge >= 0.3 is 5.97 Å². The Kier molecular flexibility index (Phi) is 6.13. The molecule has 3 rings (SSSR count). The number of phenols is 1. The Morgan fingerprint density at radius 2 is 1.93 bits per heavy atom. The number of thiazole rings is 1. The highest BCUT2D eigenvalue weighted by molar-refractivity contribution is 7.16. The average molecular weight is 437 g/mol. The summed E-state index contributed by atoms with van der Waals surface area (Å²) in [6, 6.07) is 9.72. The fourth-order valence-electron chi connectivity index (χ4n) is 2.69. The number of aromatic carboxylic acids is 1. The second-order valence-corrected chi connectivity index (χ2v) is 8.58. The van der Waals surface area contributed by atoms with Gasteiger partial charge in [-0.2, -0.15) is 0 Å². The molecule has 3 N–H and O–H groups in total. The number of nitrogens with zero attached hydrogens (tertiary/aromatic N) is 1. The minimum absolute atomic E-state index is 0.173. The fraction of sp³-hybridized carbons (Fsp3) is 0.200. The largest absolute Gasteiger partial charge is 0.507 e. The molecule has 3 aromatic rings. The third-order valence-corrected chi connectivity index (χ3v) is 5.69. The van der Waals surface area contributed by atoms with Gasteiger partial charge in [-0.15, -0.1) is 11.3 Å². The molecule has 0 amide bonds. The van der Waals surface area contributed by atoms with Crippen molar-refractivity contribution in [3.63, 3.8) is 0 Å². The number of hydrogen-bond donors (Lipinski definition) is 3. The molecule has 0 aliphatic carbocycles. The quantitative estimate of drug-likeness (QED) is 0.386. The van der Waals surface area contributed by atoms with Gasteiger partial charge < -0.3 is 15.5 Å². The molecule has 0 aliphatic rings. The highest BCUT2D eigenvalue weighted by atomic mass is 35.5. The Bertz CT molecular complexity index is 1030. The summed E-state index contributed by atoms with van der Waals surface area (Å²) < 4.78 is 0. The molecular weight excluding hydrogens is 419 g/mol. The molecule has 0 unspecified atom stereocenters. The number of carbonyl (C=O) groups is 1. The van der Waals surface area contributed by atoms with E-state index in [1.807, 2.05) is 6.07 Å². The van der Waals surface area contributed by atoms with Crippen LogP contribution in [-0.2, 0) is 6.42 Å². The summed E-state index contributed by atoms with van der Waals surface area (Å²) in [4.78, 5) is 17.0. The standard InChI is InChI=1S/C20H18Cl2N2O3S/c1-10(2)7-17-18(11-3-5-14(21)15(22)8-11)24-20(28-17)23-12-4-6-16(25)13(9-12)19(26)27/h3-6,8-10,25H,7H2,1-2H3,(H,23,24)(H,26,27). The third-order valence-electron chi connectivity index (χ3n) is 3.96. The van der Waals surface area contributed by atoms with Gasteiger partial charge in [0.25, 0.3) is 0 Å². The molecule has 0 fully saturated rings. The van der Waals surface area contributed by atoms with Gasteiger partial charge in [-0.05, 0) is 42.7 Å². The molecule has 0 saturated heterocycles. The van der Waals surface area contributed by atoms with Crippen molar-refractivity contribution in [3.05, 3.63) is 56.9 Å². The van der Waals surface area contributed by atoms with Crippen LogP contribution in [0.2, 0.25) is 10.0 Å². The summed E-state index contributed by atoms with van der Waals surface area (Å²) in [5, 5.41) is 23.5. The normalized spacial score (nSPS) is 11.0. The van der Waals surface area contributed by atoms with E-state index in [9.17, 15) is 15.0 Å². The number of carboxylic acids is 1.